The molecule has 88 valence electrons. The summed E-state index contributed by atoms with van der Waals surface area (Å²) < 4.78 is 0. The summed E-state index contributed by atoms with van der Waals surface area (Å²) in [5.74, 6) is 0.721. The third kappa shape index (κ3) is 3.34. The van der Waals surface area contributed by atoms with Gasteiger partial charge in [0.25, 0.3) is 0 Å². The molecule has 0 saturated carbocycles. The zero-order valence-corrected chi connectivity index (χ0v) is 9.33. The number of anilines is 1. The molecule has 0 spiro atoms. The molecule has 1 aromatic rings. The lowest BCUT2D eigenvalue weighted by Crippen LogP contribution is -2.34. The van der Waals surface area contributed by atoms with Gasteiger partial charge >= 0.3 is 0 Å². The Morgan fingerprint density at radius 3 is 3.19 bits per heavy atom. The van der Waals surface area contributed by atoms with Crippen LogP contribution in [0.25, 0.3) is 0 Å². The SMILES string of the molecule is O=C(CCC1CCCCN1)Nc1ccn[nH]1. The van der Waals surface area contributed by atoms with Crippen molar-refractivity contribution in [3.63, 3.8) is 0 Å². The summed E-state index contributed by atoms with van der Waals surface area (Å²) >= 11 is 0. The maximum atomic E-state index is 11.6. The number of aromatic nitrogens is 2. The Bertz CT molecular complexity index is 317. The molecule has 0 aliphatic carbocycles. The number of carbonyl (C=O) groups is 1. The van der Waals surface area contributed by atoms with Crippen molar-refractivity contribution >= 4 is 11.7 Å². The van der Waals surface area contributed by atoms with Crippen LogP contribution in [0.5, 0.6) is 0 Å². The molecular weight excluding hydrogens is 204 g/mol. The van der Waals surface area contributed by atoms with Gasteiger partial charge in [-0.2, -0.15) is 5.10 Å². The van der Waals surface area contributed by atoms with Crippen molar-refractivity contribution in [1.29, 1.82) is 0 Å². The fourth-order valence-corrected chi connectivity index (χ4v) is 2.01. The van der Waals surface area contributed by atoms with Crippen LogP contribution < -0.4 is 10.6 Å². The number of amides is 1. The number of nitrogens with one attached hydrogen (secondary N) is 3. The van der Waals surface area contributed by atoms with E-state index in [1.54, 1.807) is 12.3 Å². The van der Waals surface area contributed by atoms with Crippen LogP contribution in [0.4, 0.5) is 5.82 Å². The van der Waals surface area contributed by atoms with E-state index in [9.17, 15) is 4.79 Å². The number of nitrogens with zero attached hydrogens (tertiary/aromatic N) is 1. The Labute approximate surface area is 95.0 Å². The molecule has 1 aromatic heterocycles. The summed E-state index contributed by atoms with van der Waals surface area (Å²) in [5.41, 5.74) is 0. The quantitative estimate of drug-likeness (QED) is 0.718. The van der Waals surface area contributed by atoms with Gasteiger partial charge in [0.2, 0.25) is 5.91 Å². The molecule has 1 atom stereocenters. The Morgan fingerprint density at radius 2 is 2.50 bits per heavy atom. The lowest BCUT2D eigenvalue weighted by Gasteiger charge is -2.22. The highest BCUT2D eigenvalue weighted by Gasteiger charge is 2.14. The summed E-state index contributed by atoms with van der Waals surface area (Å²) in [5, 5.41) is 12.7. The topological polar surface area (TPSA) is 69.8 Å². The molecule has 1 aliphatic heterocycles. The van der Waals surface area contributed by atoms with E-state index in [1.807, 2.05) is 0 Å². The van der Waals surface area contributed by atoms with Gasteiger partial charge in [-0.15, -0.1) is 0 Å². The second-order valence-corrected chi connectivity index (χ2v) is 4.20. The van der Waals surface area contributed by atoms with Crippen molar-refractivity contribution in [3.05, 3.63) is 12.3 Å². The van der Waals surface area contributed by atoms with Crippen LogP contribution in [-0.4, -0.2) is 28.7 Å². The lowest BCUT2D eigenvalue weighted by atomic mass is 10.0. The molecule has 0 aromatic carbocycles. The van der Waals surface area contributed by atoms with Crippen LogP contribution in [0.1, 0.15) is 32.1 Å². The zero-order chi connectivity index (χ0) is 11.2. The Hall–Kier alpha value is -1.36. The normalized spacial score (nSPS) is 20.6. The van der Waals surface area contributed by atoms with Crippen LogP contribution >= 0.6 is 0 Å². The van der Waals surface area contributed by atoms with Crippen molar-refractivity contribution in [2.24, 2.45) is 0 Å². The van der Waals surface area contributed by atoms with E-state index in [0.29, 0.717) is 18.3 Å². The van der Waals surface area contributed by atoms with E-state index in [4.69, 9.17) is 0 Å². The molecule has 0 bridgehead atoms. The Morgan fingerprint density at radius 1 is 1.56 bits per heavy atom. The molecule has 1 saturated heterocycles. The van der Waals surface area contributed by atoms with Gasteiger partial charge in [-0.25, -0.2) is 0 Å². The summed E-state index contributed by atoms with van der Waals surface area (Å²) in [4.78, 5) is 11.6. The average molecular weight is 222 g/mol. The fourth-order valence-electron chi connectivity index (χ4n) is 2.01. The first kappa shape index (κ1) is 11.1. The summed E-state index contributed by atoms with van der Waals surface area (Å²) in [6, 6.07) is 2.26. The zero-order valence-electron chi connectivity index (χ0n) is 9.33. The average Bonchev–Trinajstić information content (AvgIpc) is 2.81. The van der Waals surface area contributed by atoms with Crippen LogP contribution in [0.15, 0.2) is 12.3 Å². The predicted octanol–water partition coefficient (Wildman–Crippen LogP) is 1.27. The number of carbonyl (C=O) groups excluding carboxylic acids is 1. The molecule has 2 heterocycles. The van der Waals surface area contributed by atoms with Gasteiger partial charge in [0.1, 0.15) is 5.82 Å². The predicted molar refractivity (Wildman–Crippen MR) is 62.1 cm³/mol. The molecule has 5 nitrogen and oxygen atoms in total. The molecule has 5 heteroatoms. The summed E-state index contributed by atoms with van der Waals surface area (Å²) in [6.45, 7) is 1.09. The minimum Gasteiger partial charge on any atom is -0.314 e. The van der Waals surface area contributed by atoms with Crippen LogP contribution in [0.3, 0.4) is 0 Å². The van der Waals surface area contributed by atoms with Gasteiger partial charge in [-0.1, -0.05) is 6.42 Å². The molecule has 1 amide bonds. The number of hydrogen-bond acceptors (Lipinski definition) is 3. The third-order valence-corrected chi connectivity index (χ3v) is 2.91. The van der Waals surface area contributed by atoms with E-state index in [0.717, 1.165) is 13.0 Å². The molecule has 1 aliphatic rings. The number of hydrogen-bond donors (Lipinski definition) is 3. The largest absolute Gasteiger partial charge is 0.314 e. The van der Waals surface area contributed by atoms with Crippen LogP contribution in [-0.2, 0) is 4.79 Å². The van der Waals surface area contributed by atoms with E-state index in [1.165, 1.54) is 19.3 Å². The van der Waals surface area contributed by atoms with E-state index >= 15 is 0 Å². The first-order valence-corrected chi connectivity index (χ1v) is 5.87. The minimum absolute atomic E-state index is 0.0524. The smallest absolute Gasteiger partial charge is 0.225 e. The molecular formula is C11H18N4O. The fraction of sp³-hybridized carbons (Fsp3) is 0.636. The molecule has 3 N–H and O–H groups in total. The third-order valence-electron chi connectivity index (χ3n) is 2.91. The second-order valence-electron chi connectivity index (χ2n) is 4.20. The summed E-state index contributed by atoms with van der Waals surface area (Å²) in [7, 11) is 0. The van der Waals surface area contributed by atoms with Crippen molar-refractivity contribution in [3.8, 4) is 0 Å². The molecule has 16 heavy (non-hydrogen) atoms. The molecule has 0 radical (unpaired) electrons. The molecule has 2 rings (SSSR count). The number of rotatable bonds is 4. The highest BCUT2D eigenvalue weighted by atomic mass is 16.1. The van der Waals surface area contributed by atoms with Crippen molar-refractivity contribution in [2.45, 2.75) is 38.1 Å². The molecule has 1 fully saturated rings. The van der Waals surface area contributed by atoms with Gasteiger partial charge in [0.15, 0.2) is 0 Å². The van der Waals surface area contributed by atoms with E-state index in [2.05, 4.69) is 20.8 Å². The van der Waals surface area contributed by atoms with E-state index in [-0.39, 0.29) is 5.91 Å². The van der Waals surface area contributed by atoms with Gasteiger partial charge in [0, 0.05) is 18.5 Å². The van der Waals surface area contributed by atoms with E-state index < -0.39 is 0 Å². The second kappa shape index (κ2) is 5.65. The van der Waals surface area contributed by atoms with Crippen LogP contribution in [0.2, 0.25) is 0 Å². The maximum absolute atomic E-state index is 11.6. The minimum atomic E-state index is 0.0524. The van der Waals surface area contributed by atoms with Gasteiger partial charge in [-0.3, -0.25) is 9.89 Å². The first-order valence-electron chi connectivity index (χ1n) is 5.87. The first-order chi connectivity index (χ1) is 7.84. The number of H-pyrrole nitrogens is 1. The Kier molecular flexibility index (Phi) is 3.93. The van der Waals surface area contributed by atoms with Gasteiger partial charge in [0.05, 0.1) is 6.20 Å². The van der Waals surface area contributed by atoms with Gasteiger partial charge < -0.3 is 10.6 Å². The lowest BCUT2D eigenvalue weighted by molar-refractivity contribution is -0.116. The molecule has 1 unspecified atom stereocenters. The monoisotopic (exact) mass is 222 g/mol. The van der Waals surface area contributed by atoms with Gasteiger partial charge in [-0.05, 0) is 25.8 Å². The standard InChI is InChI=1S/C11H18N4O/c16-11(14-10-6-8-13-15-10)5-4-9-3-1-2-7-12-9/h6,8-9,12H,1-5,7H2,(H2,13,14,15,16). The summed E-state index contributed by atoms with van der Waals surface area (Å²) in [6.07, 6.45) is 6.84. The highest BCUT2D eigenvalue weighted by Crippen LogP contribution is 2.12. The maximum Gasteiger partial charge on any atom is 0.225 e. The highest BCUT2D eigenvalue weighted by molar-refractivity contribution is 5.89. The Balaban J connectivity index is 1.67. The number of piperidine rings is 1. The van der Waals surface area contributed by atoms with Crippen molar-refractivity contribution in [2.75, 3.05) is 11.9 Å². The van der Waals surface area contributed by atoms with Crippen molar-refractivity contribution in [1.82, 2.24) is 15.5 Å². The van der Waals surface area contributed by atoms with Crippen molar-refractivity contribution < 1.29 is 4.79 Å². The number of aromatic amines is 1. The van der Waals surface area contributed by atoms with Crippen LogP contribution in [0, 0.1) is 0 Å².